The van der Waals surface area contributed by atoms with Gasteiger partial charge in [0.15, 0.2) is 0 Å². The molecule has 0 radical (unpaired) electrons. The molecule has 0 atom stereocenters. The van der Waals surface area contributed by atoms with Gasteiger partial charge in [0.2, 0.25) is 0 Å². The number of ether oxygens (including phenoxy) is 1. The molecule has 0 spiro atoms. The first-order chi connectivity index (χ1) is 8.65. The van der Waals surface area contributed by atoms with Crippen LogP contribution in [0.4, 0.5) is 0 Å². The highest BCUT2D eigenvalue weighted by atomic mass is 16.5. The molecule has 0 aliphatic heterocycles. The standard InChI is InChI=1S/C15H22O3/c1-4-17-15(16)13-10(2)11(3)18-14(13)12-8-6-5-7-9-12/h12H,4-9H2,1-3H3. The molecular weight excluding hydrogens is 228 g/mol. The molecule has 1 fully saturated rings. The summed E-state index contributed by atoms with van der Waals surface area (Å²) in [6.07, 6.45) is 6.00. The lowest BCUT2D eigenvalue weighted by Gasteiger charge is -2.20. The molecule has 1 aromatic heterocycles. The van der Waals surface area contributed by atoms with E-state index in [9.17, 15) is 4.79 Å². The Hall–Kier alpha value is -1.25. The minimum atomic E-state index is -0.229. The van der Waals surface area contributed by atoms with Crippen LogP contribution in [0.5, 0.6) is 0 Å². The largest absolute Gasteiger partial charge is 0.465 e. The molecule has 1 saturated carbocycles. The maximum atomic E-state index is 12.1. The van der Waals surface area contributed by atoms with Gasteiger partial charge in [-0.1, -0.05) is 19.3 Å². The minimum absolute atomic E-state index is 0.229. The zero-order valence-electron chi connectivity index (χ0n) is 11.5. The molecule has 0 N–H and O–H groups in total. The number of esters is 1. The van der Waals surface area contributed by atoms with Crippen molar-refractivity contribution in [3.05, 3.63) is 22.6 Å². The Labute approximate surface area is 109 Å². The topological polar surface area (TPSA) is 39.4 Å². The average Bonchev–Trinajstić information content (AvgIpc) is 2.67. The second-order valence-electron chi connectivity index (χ2n) is 5.08. The Morgan fingerprint density at radius 1 is 1.28 bits per heavy atom. The molecule has 0 saturated heterocycles. The number of aryl methyl sites for hydroxylation is 1. The van der Waals surface area contributed by atoms with Crippen LogP contribution in [0.25, 0.3) is 0 Å². The van der Waals surface area contributed by atoms with Crippen molar-refractivity contribution < 1.29 is 13.9 Å². The molecule has 2 rings (SSSR count). The van der Waals surface area contributed by atoms with Crippen molar-refractivity contribution in [3.63, 3.8) is 0 Å². The molecule has 1 aliphatic rings. The van der Waals surface area contributed by atoms with Crippen molar-refractivity contribution in [2.75, 3.05) is 6.61 Å². The van der Waals surface area contributed by atoms with Gasteiger partial charge in [0.1, 0.15) is 17.1 Å². The van der Waals surface area contributed by atoms with Crippen LogP contribution in [0, 0.1) is 13.8 Å². The van der Waals surface area contributed by atoms with Gasteiger partial charge in [-0.25, -0.2) is 4.79 Å². The lowest BCUT2D eigenvalue weighted by Crippen LogP contribution is -2.12. The number of rotatable bonds is 3. The van der Waals surface area contributed by atoms with E-state index in [4.69, 9.17) is 9.15 Å². The fourth-order valence-corrected chi connectivity index (χ4v) is 2.76. The minimum Gasteiger partial charge on any atom is -0.465 e. The van der Waals surface area contributed by atoms with E-state index in [1.165, 1.54) is 19.3 Å². The van der Waals surface area contributed by atoms with Gasteiger partial charge in [-0.2, -0.15) is 0 Å². The molecule has 0 amide bonds. The fraction of sp³-hybridized carbons (Fsp3) is 0.667. The van der Waals surface area contributed by atoms with Crippen LogP contribution in [-0.2, 0) is 4.74 Å². The summed E-state index contributed by atoms with van der Waals surface area (Å²) in [7, 11) is 0. The summed E-state index contributed by atoms with van der Waals surface area (Å²) in [5.74, 6) is 1.87. The van der Waals surface area contributed by atoms with Crippen molar-refractivity contribution in [1.82, 2.24) is 0 Å². The molecule has 1 aliphatic carbocycles. The van der Waals surface area contributed by atoms with Gasteiger partial charge < -0.3 is 9.15 Å². The predicted molar refractivity (Wildman–Crippen MR) is 70.0 cm³/mol. The van der Waals surface area contributed by atoms with Gasteiger partial charge in [0.05, 0.1) is 6.61 Å². The van der Waals surface area contributed by atoms with Gasteiger partial charge in [-0.05, 0) is 33.6 Å². The molecule has 18 heavy (non-hydrogen) atoms. The van der Waals surface area contributed by atoms with Crippen LogP contribution < -0.4 is 0 Å². The Balaban J connectivity index is 2.33. The smallest absolute Gasteiger partial charge is 0.341 e. The fourth-order valence-electron chi connectivity index (χ4n) is 2.76. The predicted octanol–water partition coefficient (Wildman–Crippen LogP) is 4.12. The summed E-state index contributed by atoms with van der Waals surface area (Å²) in [6, 6.07) is 0. The number of carbonyl (C=O) groups excluding carboxylic acids is 1. The average molecular weight is 250 g/mol. The molecule has 1 aromatic rings. The van der Waals surface area contributed by atoms with Gasteiger partial charge in [-0.3, -0.25) is 0 Å². The highest BCUT2D eigenvalue weighted by molar-refractivity contribution is 5.92. The van der Waals surface area contributed by atoms with Crippen LogP contribution in [0.1, 0.15) is 72.4 Å². The van der Waals surface area contributed by atoms with E-state index >= 15 is 0 Å². The van der Waals surface area contributed by atoms with E-state index < -0.39 is 0 Å². The Kier molecular flexibility index (Phi) is 4.10. The van der Waals surface area contributed by atoms with Crippen molar-refractivity contribution in [2.24, 2.45) is 0 Å². The summed E-state index contributed by atoms with van der Waals surface area (Å²) in [6.45, 7) is 6.11. The highest BCUT2D eigenvalue weighted by Crippen LogP contribution is 2.37. The highest BCUT2D eigenvalue weighted by Gasteiger charge is 2.28. The third kappa shape index (κ3) is 2.45. The lowest BCUT2D eigenvalue weighted by atomic mass is 9.85. The van der Waals surface area contributed by atoms with E-state index in [0.29, 0.717) is 18.1 Å². The van der Waals surface area contributed by atoms with Crippen LogP contribution in [0.3, 0.4) is 0 Å². The molecule has 0 bridgehead atoms. The summed E-state index contributed by atoms with van der Waals surface area (Å²) in [5, 5.41) is 0. The van der Waals surface area contributed by atoms with Crippen LogP contribution in [0.15, 0.2) is 4.42 Å². The summed E-state index contributed by atoms with van der Waals surface area (Å²) < 4.78 is 11.0. The van der Waals surface area contributed by atoms with Gasteiger partial charge in [0.25, 0.3) is 0 Å². The SMILES string of the molecule is CCOC(=O)c1c(C2CCCCC2)oc(C)c1C. The number of furan rings is 1. The van der Waals surface area contributed by atoms with E-state index in [1.807, 2.05) is 20.8 Å². The zero-order valence-corrected chi connectivity index (χ0v) is 11.5. The van der Waals surface area contributed by atoms with Crippen LogP contribution in [0.2, 0.25) is 0 Å². The summed E-state index contributed by atoms with van der Waals surface area (Å²) in [5.41, 5.74) is 1.62. The van der Waals surface area contributed by atoms with Gasteiger partial charge in [0, 0.05) is 11.5 Å². The maximum absolute atomic E-state index is 12.1. The van der Waals surface area contributed by atoms with E-state index in [-0.39, 0.29) is 5.97 Å². The van der Waals surface area contributed by atoms with E-state index in [1.54, 1.807) is 0 Å². The second kappa shape index (κ2) is 5.59. The number of hydrogen-bond acceptors (Lipinski definition) is 3. The summed E-state index contributed by atoms with van der Waals surface area (Å²) >= 11 is 0. The molecule has 0 unspecified atom stereocenters. The third-order valence-corrected chi connectivity index (χ3v) is 3.87. The Bertz CT molecular complexity index is 425. The zero-order chi connectivity index (χ0) is 13.1. The normalized spacial score (nSPS) is 16.8. The first-order valence-electron chi connectivity index (χ1n) is 6.92. The Morgan fingerprint density at radius 3 is 2.56 bits per heavy atom. The molecule has 0 aromatic carbocycles. The quantitative estimate of drug-likeness (QED) is 0.757. The van der Waals surface area contributed by atoms with Gasteiger partial charge in [-0.15, -0.1) is 0 Å². The lowest BCUT2D eigenvalue weighted by molar-refractivity contribution is 0.0521. The molecule has 3 nitrogen and oxygen atoms in total. The molecule has 1 heterocycles. The number of hydrogen-bond donors (Lipinski definition) is 0. The van der Waals surface area contributed by atoms with Gasteiger partial charge >= 0.3 is 5.97 Å². The first-order valence-corrected chi connectivity index (χ1v) is 6.92. The number of carbonyl (C=O) groups is 1. The van der Waals surface area contributed by atoms with Crippen molar-refractivity contribution in [1.29, 1.82) is 0 Å². The van der Waals surface area contributed by atoms with Crippen LogP contribution >= 0.6 is 0 Å². The van der Waals surface area contributed by atoms with Crippen molar-refractivity contribution in [2.45, 2.75) is 58.8 Å². The van der Waals surface area contributed by atoms with Crippen LogP contribution in [-0.4, -0.2) is 12.6 Å². The Morgan fingerprint density at radius 2 is 1.94 bits per heavy atom. The molecule has 3 heteroatoms. The molecular formula is C15H22O3. The molecule has 100 valence electrons. The second-order valence-corrected chi connectivity index (χ2v) is 5.08. The van der Waals surface area contributed by atoms with Crippen molar-refractivity contribution >= 4 is 5.97 Å². The summed E-state index contributed by atoms with van der Waals surface area (Å²) in [4.78, 5) is 12.1. The van der Waals surface area contributed by atoms with Crippen molar-refractivity contribution in [3.8, 4) is 0 Å². The van der Waals surface area contributed by atoms with E-state index in [2.05, 4.69) is 0 Å². The third-order valence-electron chi connectivity index (χ3n) is 3.87. The maximum Gasteiger partial charge on any atom is 0.341 e. The van der Waals surface area contributed by atoms with E-state index in [0.717, 1.165) is 29.9 Å². The monoisotopic (exact) mass is 250 g/mol. The first kappa shape index (κ1) is 13.2.